The first kappa shape index (κ1) is 18.0. The number of carbonyl (C=O) groups is 2. The van der Waals surface area contributed by atoms with Crippen LogP contribution in [-0.4, -0.2) is 59.0 Å². The summed E-state index contributed by atoms with van der Waals surface area (Å²) in [4.78, 5) is 31.5. The van der Waals surface area contributed by atoms with Gasteiger partial charge >= 0.3 is 6.03 Å². The number of hydrogen-bond acceptors (Lipinski definition) is 4. The number of hydrogen-bond donors (Lipinski definition) is 1. The zero-order chi connectivity index (χ0) is 17.5. The molecule has 132 valence electrons. The van der Waals surface area contributed by atoms with Crippen molar-refractivity contribution >= 4 is 11.9 Å². The first-order chi connectivity index (χ1) is 11.5. The molecule has 0 radical (unpaired) electrons. The molecule has 0 aliphatic carbocycles. The van der Waals surface area contributed by atoms with Crippen molar-refractivity contribution in [3.8, 4) is 5.88 Å². The highest BCUT2D eigenvalue weighted by atomic mass is 16.5. The van der Waals surface area contributed by atoms with Crippen molar-refractivity contribution < 1.29 is 14.3 Å². The van der Waals surface area contributed by atoms with Gasteiger partial charge in [0.2, 0.25) is 11.8 Å². The molecule has 1 N–H and O–H groups in total. The fourth-order valence-corrected chi connectivity index (χ4v) is 2.55. The van der Waals surface area contributed by atoms with Gasteiger partial charge in [0.1, 0.15) is 0 Å². The van der Waals surface area contributed by atoms with E-state index in [1.165, 1.54) is 0 Å². The summed E-state index contributed by atoms with van der Waals surface area (Å²) in [6.45, 7) is 8.40. The Balaban J connectivity index is 1.81. The highest BCUT2D eigenvalue weighted by Crippen LogP contribution is 2.10. The number of aromatic nitrogens is 1. The molecule has 0 bridgehead atoms. The number of rotatable bonds is 4. The van der Waals surface area contributed by atoms with Gasteiger partial charge in [-0.1, -0.05) is 6.07 Å². The van der Waals surface area contributed by atoms with Crippen LogP contribution in [0.5, 0.6) is 5.88 Å². The lowest BCUT2D eigenvalue weighted by Gasteiger charge is -2.21. The molecule has 1 aliphatic rings. The van der Waals surface area contributed by atoms with Gasteiger partial charge in [0.15, 0.2) is 0 Å². The third-order valence-corrected chi connectivity index (χ3v) is 3.83. The second-order valence-corrected chi connectivity index (χ2v) is 6.18. The lowest BCUT2D eigenvalue weighted by Crippen LogP contribution is -2.42. The molecular formula is C17H26N4O3. The van der Waals surface area contributed by atoms with Gasteiger partial charge in [0.05, 0.1) is 6.10 Å². The maximum absolute atomic E-state index is 12.3. The van der Waals surface area contributed by atoms with Crippen molar-refractivity contribution in [3.63, 3.8) is 0 Å². The molecular weight excluding hydrogens is 308 g/mol. The van der Waals surface area contributed by atoms with Crippen LogP contribution in [0.4, 0.5) is 4.79 Å². The minimum absolute atomic E-state index is 0.0621. The van der Waals surface area contributed by atoms with E-state index in [0.717, 1.165) is 12.0 Å². The third kappa shape index (κ3) is 5.40. The molecule has 1 fully saturated rings. The summed E-state index contributed by atoms with van der Waals surface area (Å²) >= 11 is 0. The van der Waals surface area contributed by atoms with E-state index in [0.29, 0.717) is 38.6 Å². The first-order valence-electron chi connectivity index (χ1n) is 8.35. The zero-order valence-electron chi connectivity index (χ0n) is 14.6. The predicted molar refractivity (Wildman–Crippen MR) is 90.7 cm³/mol. The van der Waals surface area contributed by atoms with Gasteiger partial charge in [0, 0.05) is 51.9 Å². The molecule has 2 heterocycles. The predicted octanol–water partition coefficient (Wildman–Crippen LogP) is 1.63. The highest BCUT2D eigenvalue weighted by molar-refractivity contribution is 5.75. The molecule has 1 aromatic rings. The Bertz CT molecular complexity index is 559. The van der Waals surface area contributed by atoms with Crippen LogP contribution >= 0.6 is 0 Å². The lowest BCUT2D eigenvalue weighted by atomic mass is 10.3. The Hall–Kier alpha value is -2.31. The number of pyridine rings is 1. The van der Waals surface area contributed by atoms with E-state index in [9.17, 15) is 9.59 Å². The van der Waals surface area contributed by atoms with E-state index < -0.39 is 0 Å². The minimum Gasteiger partial charge on any atom is -0.475 e. The van der Waals surface area contributed by atoms with Crippen LogP contribution in [0.1, 0.15) is 32.8 Å². The molecule has 7 nitrogen and oxygen atoms in total. The molecule has 0 spiro atoms. The summed E-state index contributed by atoms with van der Waals surface area (Å²) in [5.74, 6) is 0.643. The first-order valence-corrected chi connectivity index (χ1v) is 8.35. The molecule has 0 aromatic carbocycles. The van der Waals surface area contributed by atoms with E-state index in [1.54, 1.807) is 29.0 Å². The zero-order valence-corrected chi connectivity index (χ0v) is 14.6. The van der Waals surface area contributed by atoms with Crippen molar-refractivity contribution in [2.75, 3.05) is 26.2 Å². The van der Waals surface area contributed by atoms with Crippen molar-refractivity contribution in [1.82, 2.24) is 20.1 Å². The maximum Gasteiger partial charge on any atom is 0.317 e. The number of nitrogens with one attached hydrogen (secondary N) is 1. The van der Waals surface area contributed by atoms with Crippen molar-refractivity contribution in [1.29, 1.82) is 0 Å². The van der Waals surface area contributed by atoms with Crippen LogP contribution in [0.25, 0.3) is 0 Å². The van der Waals surface area contributed by atoms with Crippen LogP contribution in [0.2, 0.25) is 0 Å². The average molecular weight is 334 g/mol. The van der Waals surface area contributed by atoms with Gasteiger partial charge in [-0.15, -0.1) is 0 Å². The molecule has 0 saturated carbocycles. The molecule has 0 unspecified atom stereocenters. The fraction of sp³-hybridized carbons (Fsp3) is 0.588. The third-order valence-electron chi connectivity index (χ3n) is 3.83. The van der Waals surface area contributed by atoms with Gasteiger partial charge in [0.25, 0.3) is 0 Å². The molecule has 3 amide bonds. The van der Waals surface area contributed by atoms with Crippen LogP contribution in [-0.2, 0) is 11.3 Å². The summed E-state index contributed by atoms with van der Waals surface area (Å²) in [6, 6.07) is 3.59. The van der Waals surface area contributed by atoms with Crippen molar-refractivity contribution in [2.24, 2.45) is 0 Å². The second-order valence-electron chi connectivity index (χ2n) is 6.18. The summed E-state index contributed by atoms with van der Waals surface area (Å²) < 4.78 is 5.49. The van der Waals surface area contributed by atoms with Crippen LogP contribution in [0, 0.1) is 0 Å². The van der Waals surface area contributed by atoms with E-state index in [2.05, 4.69) is 10.3 Å². The van der Waals surface area contributed by atoms with Gasteiger partial charge < -0.3 is 19.9 Å². The second kappa shape index (κ2) is 8.52. The quantitative estimate of drug-likeness (QED) is 0.908. The van der Waals surface area contributed by atoms with Gasteiger partial charge in [-0.25, -0.2) is 9.78 Å². The van der Waals surface area contributed by atoms with Crippen LogP contribution in [0.3, 0.4) is 0 Å². The Morgan fingerprint density at radius 3 is 2.54 bits per heavy atom. The Kier molecular flexibility index (Phi) is 6.40. The normalized spacial score (nSPS) is 15.2. The van der Waals surface area contributed by atoms with Crippen molar-refractivity contribution in [2.45, 2.75) is 39.8 Å². The van der Waals surface area contributed by atoms with E-state index in [1.807, 2.05) is 19.9 Å². The fourth-order valence-electron chi connectivity index (χ4n) is 2.55. The van der Waals surface area contributed by atoms with Gasteiger partial charge in [-0.05, 0) is 25.8 Å². The largest absolute Gasteiger partial charge is 0.475 e. The molecule has 1 saturated heterocycles. The monoisotopic (exact) mass is 334 g/mol. The topological polar surface area (TPSA) is 74.8 Å². The summed E-state index contributed by atoms with van der Waals surface area (Å²) in [7, 11) is 0. The van der Waals surface area contributed by atoms with Crippen LogP contribution < -0.4 is 10.1 Å². The van der Waals surface area contributed by atoms with E-state index in [-0.39, 0.29) is 18.0 Å². The Morgan fingerprint density at radius 2 is 1.92 bits per heavy atom. The minimum atomic E-state index is -0.108. The maximum atomic E-state index is 12.3. The molecule has 7 heteroatoms. The van der Waals surface area contributed by atoms with E-state index in [4.69, 9.17) is 4.74 Å². The standard InChI is InChI=1S/C17H26N4O3/c1-13(2)24-16-6-5-15(11-18-16)12-19-17(23)21-8-4-7-20(9-10-21)14(3)22/h5-6,11,13H,4,7-10,12H2,1-3H3,(H,19,23). The lowest BCUT2D eigenvalue weighted by molar-refractivity contribution is -0.128. The average Bonchev–Trinajstić information content (AvgIpc) is 2.79. The SMILES string of the molecule is CC(=O)N1CCCN(C(=O)NCc2ccc(OC(C)C)nc2)CC1. The highest BCUT2D eigenvalue weighted by Gasteiger charge is 2.19. The number of urea groups is 1. The molecule has 2 rings (SSSR count). The molecule has 1 aromatic heterocycles. The van der Waals surface area contributed by atoms with Crippen LogP contribution in [0.15, 0.2) is 18.3 Å². The number of nitrogens with zero attached hydrogens (tertiary/aromatic N) is 3. The number of carbonyl (C=O) groups excluding carboxylic acids is 2. The van der Waals surface area contributed by atoms with Gasteiger partial charge in [-0.3, -0.25) is 4.79 Å². The Labute approximate surface area is 143 Å². The summed E-state index contributed by atoms with van der Waals surface area (Å²) in [5.41, 5.74) is 0.916. The van der Waals surface area contributed by atoms with Crippen molar-refractivity contribution in [3.05, 3.63) is 23.9 Å². The summed E-state index contributed by atoms with van der Waals surface area (Å²) in [6.07, 6.45) is 2.59. The smallest absolute Gasteiger partial charge is 0.317 e. The van der Waals surface area contributed by atoms with E-state index >= 15 is 0 Å². The van der Waals surface area contributed by atoms with Gasteiger partial charge in [-0.2, -0.15) is 0 Å². The molecule has 1 aliphatic heterocycles. The summed E-state index contributed by atoms with van der Waals surface area (Å²) in [5, 5.41) is 2.90. The number of amides is 3. The molecule has 24 heavy (non-hydrogen) atoms. The molecule has 0 atom stereocenters. The Morgan fingerprint density at radius 1 is 1.21 bits per heavy atom. The number of ether oxygens (including phenoxy) is 1.